The quantitative estimate of drug-likeness (QED) is 0.729. The van der Waals surface area contributed by atoms with Crippen molar-refractivity contribution < 1.29 is 9.90 Å². The van der Waals surface area contributed by atoms with Crippen molar-refractivity contribution in [2.24, 2.45) is 0 Å². The maximum atomic E-state index is 11.8. The van der Waals surface area contributed by atoms with Gasteiger partial charge in [-0.25, -0.2) is 4.79 Å². The third kappa shape index (κ3) is 3.72. The Hall–Kier alpha value is -2.01. The fourth-order valence-corrected chi connectivity index (χ4v) is 2.04. The SMILES string of the molecule is Cc1cc(O)ccc1NC(=O)Nc1cccc(Br)c1. The zero-order valence-electron chi connectivity index (χ0n) is 10.3. The predicted octanol–water partition coefficient (Wildman–Crippen LogP) is 4.11. The van der Waals surface area contributed by atoms with E-state index in [0.717, 1.165) is 10.0 Å². The summed E-state index contributed by atoms with van der Waals surface area (Å²) < 4.78 is 0.895. The number of halogens is 1. The predicted molar refractivity (Wildman–Crippen MR) is 79.6 cm³/mol. The molecule has 2 aromatic carbocycles. The maximum Gasteiger partial charge on any atom is 0.323 e. The molecule has 0 fully saturated rings. The first-order valence-electron chi connectivity index (χ1n) is 5.68. The molecule has 0 aliphatic rings. The molecular formula is C14H13BrN2O2. The van der Waals surface area contributed by atoms with Crippen LogP contribution < -0.4 is 10.6 Å². The van der Waals surface area contributed by atoms with Crippen molar-refractivity contribution in [3.05, 3.63) is 52.5 Å². The fraction of sp³-hybridized carbons (Fsp3) is 0.0714. The van der Waals surface area contributed by atoms with Gasteiger partial charge in [0.15, 0.2) is 0 Å². The second-order valence-corrected chi connectivity index (χ2v) is 5.00. The monoisotopic (exact) mass is 320 g/mol. The maximum absolute atomic E-state index is 11.8. The van der Waals surface area contributed by atoms with Crippen LogP contribution in [-0.2, 0) is 0 Å². The molecule has 0 aliphatic carbocycles. The van der Waals surface area contributed by atoms with Crippen LogP contribution in [0.15, 0.2) is 46.9 Å². The minimum Gasteiger partial charge on any atom is -0.508 e. The lowest BCUT2D eigenvalue weighted by Gasteiger charge is -2.10. The number of urea groups is 1. The highest BCUT2D eigenvalue weighted by Gasteiger charge is 2.05. The Kier molecular flexibility index (Phi) is 4.06. The molecule has 0 unspecified atom stereocenters. The van der Waals surface area contributed by atoms with Crippen LogP contribution in [0.4, 0.5) is 16.2 Å². The van der Waals surface area contributed by atoms with Gasteiger partial charge in [0, 0.05) is 15.8 Å². The van der Waals surface area contributed by atoms with Crippen LogP contribution in [0.25, 0.3) is 0 Å². The third-order valence-electron chi connectivity index (χ3n) is 2.54. The molecular weight excluding hydrogens is 308 g/mol. The molecule has 0 bridgehead atoms. The van der Waals surface area contributed by atoms with Crippen molar-refractivity contribution in [2.45, 2.75) is 6.92 Å². The zero-order valence-corrected chi connectivity index (χ0v) is 11.9. The number of phenolic OH excluding ortho intramolecular Hbond substituents is 1. The molecule has 5 heteroatoms. The highest BCUT2D eigenvalue weighted by Crippen LogP contribution is 2.21. The number of nitrogens with one attached hydrogen (secondary N) is 2. The number of amides is 2. The van der Waals surface area contributed by atoms with Gasteiger partial charge in [0.25, 0.3) is 0 Å². The van der Waals surface area contributed by atoms with Crippen LogP contribution in [0.3, 0.4) is 0 Å². The summed E-state index contributed by atoms with van der Waals surface area (Å²) in [7, 11) is 0. The number of carbonyl (C=O) groups is 1. The third-order valence-corrected chi connectivity index (χ3v) is 3.03. The number of rotatable bonds is 2. The van der Waals surface area contributed by atoms with Crippen LogP contribution in [0, 0.1) is 6.92 Å². The Morgan fingerprint density at radius 1 is 1.16 bits per heavy atom. The first kappa shape index (κ1) is 13.4. The summed E-state index contributed by atoms with van der Waals surface area (Å²) in [5.41, 5.74) is 2.15. The van der Waals surface area contributed by atoms with Gasteiger partial charge < -0.3 is 15.7 Å². The highest BCUT2D eigenvalue weighted by atomic mass is 79.9. The van der Waals surface area contributed by atoms with E-state index in [1.54, 1.807) is 18.2 Å². The molecule has 2 amide bonds. The largest absolute Gasteiger partial charge is 0.508 e. The molecule has 4 nitrogen and oxygen atoms in total. The Balaban J connectivity index is 2.05. The molecule has 0 saturated heterocycles. The van der Waals surface area contributed by atoms with Gasteiger partial charge in [-0.2, -0.15) is 0 Å². The van der Waals surface area contributed by atoms with Crippen molar-refractivity contribution in [2.75, 3.05) is 10.6 Å². The van der Waals surface area contributed by atoms with Crippen LogP contribution in [0.1, 0.15) is 5.56 Å². The lowest BCUT2D eigenvalue weighted by Crippen LogP contribution is -2.19. The van der Waals surface area contributed by atoms with Crippen LogP contribution in [0.2, 0.25) is 0 Å². The molecule has 3 N–H and O–H groups in total. The number of anilines is 2. The first-order valence-corrected chi connectivity index (χ1v) is 6.47. The standard InChI is InChI=1S/C14H13BrN2O2/c1-9-7-12(18)5-6-13(9)17-14(19)16-11-4-2-3-10(15)8-11/h2-8,18H,1H3,(H2,16,17,19). The fourth-order valence-electron chi connectivity index (χ4n) is 1.64. The average molecular weight is 321 g/mol. The average Bonchev–Trinajstić information content (AvgIpc) is 2.33. The molecule has 0 atom stereocenters. The molecule has 0 aromatic heterocycles. The number of phenols is 1. The van der Waals surface area contributed by atoms with Gasteiger partial charge in [0.1, 0.15) is 5.75 Å². The molecule has 2 rings (SSSR count). The van der Waals surface area contributed by atoms with E-state index >= 15 is 0 Å². The van der Waals surface area contributed by atoms with Crippen LogP contribution in [0.5, 0.6) is 5.75 Å². The van der Waals surface area contributed by atoms with E-state index in [4.69, 9.17) is 0 Å². The van der Waals surface area contributed by atoms with Crippen molar-refractivity contribution in [3.63, 3.8) is 0 Å². The summed E-state index contributed by atoms with van der Waals surface area (Å²) in [5, 5.41) is 14.8. The van der Waals surface area contributed by atoms with E-state index in [0.29, 0.717) is 11.4 Å². The number of hydrogen-bond acceptors (Lipinski definition) is 2. The topological polar surface area (TPSA) is 61.4 Å². The molecule has 19 heavy (non-hydrogen) atoms. The molecule has 0 heterocycles. The molecule has 0 spiro atoms. The van der Waals surface area contributed by atoms with Gasteiger partial charge in [-0.3, -0.25) is 0 Å². The smallest absolute Gasteiger partial charge is 0.323 e. The second-order valence-electron chi connectivity index (χ2n) is 4.09. The van der Waals surface area contributed by atoms with E-state index in [2.05, 4.69) is 26.6 Å². The van der Waals surface area contributed by atoms with Crippen LogP contribution in [-0.4, -0.2) is 11.1 Å². The summed E-state index contributed by atoms with van der Waals surface area (Å²) in [6, 6.07) is 11.8. The van der Waals surface area contributed by atoms with E-state index in [-0.39, 0.29) is 11.8 Å². The summed E-state index contributed by atoms with van der Waals surface area (Å²) in [6.45, 7) is 1.81. The van der Waals surface area contributed by atoms with E-state index < -0.39 is 0 Å². The van der Waals surface area contributed by atoms with Gasteiger partial charge in [-0.15, -0.1) is 0 Å². The van der Waals surface area contributed by atoms with Crippen LogP contribution >= 0.6 is 15.9 Å². The van der Waals surface area contributed by atoms with Crippen molar-refractivity contribution in [3.8, 4) is 5.75 Å². The molecule has 0 radical (unpaired) electrons. The normalized spacial score (nSPS) is 10.0. The van der Waals surface area contributed by atoms with Gasteiger partial charge in [-0.1, -0.05) is 22.0 Å². The minimum atomic E-state index is -0.327. The lowest BCUT2D eigenvalue weighted by atomic mass is 10.2. The van der Waals surface area contributed by atoms with Crippen molar-refractivity contribution in [1.29, 1.82) is 0 Å². The molecule has 0 saturated carbocycles. The summed E-state index contributed by atoms with van der Waals surface area (Å²) >= 11 is 3.34. The minimum absolute atomic E-state index is 0.176. The van der Waals surface area contributed by atoms with Crippen molar-refractivity contribution >= 4 is 33.3 Å². The number of carbonyl (C=O) groups excluding carboxylic acids is 1. The Morgan fingerprint density at radius 2 is 1.95 bits per heavy atom. The van der Waals surface area contributed by atoms with E-state index in [1.807, 2.05) is 25.1 Å². The highest BCUT2D eigenvalue weighted by molar-refractivity contribution is 9.10. The number of benzene rings is 2. The lowest BCUT2D eigenvalue weighted by molar-refractivity contribution is 0.262. The van der Waals surface area contributed by atoms with Crippen molar-refractivity contribution in [1.82, 2.24) is 0 Å². The summed E-state index contributed by atoms with van der Waals surface area (Å²) in [6.07, 6.45) is 0. The first-order chi connectivity index (χ1) is 9.04. The molecule has 0 aliphatic heterocycles. The van der Waals surface area contributed by atoms with Gasteiger partial charge in [0.2, 0.25) is 0 Å². The summed E-state index contributed by atoms with van der Waals surface area (Å²) in [5.74, 6) is 0.176. The number of aromatic hydroxyl groups is 1. The Labute approximate surface area is 119 Å². The van der Waals surface area contributed by atoms with Gasteiger partial charge in [0.05, 0.1) is 0 Å². The number of hydrogen-bond donors (Lipinski definition) is 3. The Morgan fingerprint density at radius 3 is 2.63 bits per heavy atom. The molecule has 98 valence electrons. The van der Waals surface area contributed by atoms with E-state index in [1.165, 1.54) is 6.07 Å². The second kappa shape index (κ2) is 5.75. The number of aryl methyl sites for hydroxylation is 1. The van der Waals surface area contributed by atoms with Gasteiger partial charge in [-0.05, 0) is 48.9 Å². The Bertz CT molecular complexity index is 614. The van der Waals surface area contributed by atoms with Gasteiger partial charge >= 0.3 is 6.03 Å². The summed E-state index contributed by atoms with van der Waals surface area (Å²) in [4.78, 5) is 11.8. The molecule has 2 aromatic rings. The van der Waals surface area contributed by atoms with E-state index in [9.17, 15) is 9.90 Å². The zero-order chi connectivity index (χ0) is 13.8.